The third kappa shape index (κ3) is 5.17. The summed E-state index contributed by atoms with van der Waals surface area (Å²) in [7, 11) is 1.28. The number of thioether (sulfide) groups is 1. The number of nitrogens with zero attached hydrogens (tertiary/aromatic N) is 3. The molecule has 14 heteroatoms. The fourth-order valence-electron chi connectivity index (χ4n) is 3.09. The number of fused-ring (bicyclic) bond motifs is 1. The number of esters is 2. The number of β-lactam (4-membered cyclic amide) rings is 1. The van der Waals surface area contributed by atoms with Crippen LogP contribution in [0.15, 0.2) is 21.8 Å². The highest BCUT2D eigenvalue weighted by molar-refractivity contribution is 8.00. The second kappa shape index (κ2) is 10.0. The molecule has 3 heterocycles. The summed E-state index contributed by atoms with van der Waals surface area (Å²) in [4.78, 5) is 60.3. The van der Waals surface area contributed by atoms with Crippen molar-refractivity contribution < 1.29 is 33.5 Å². The quantitative estimate of drug-likeness (QED) is 0.176. The predicted molar refractivity (Wildman–Crippen MR) is 124 cm³/mol. The number of carbonyl (C=O) groups is 4. The van der Waals surface area contributed by atoms with Gasteiger partial charge in [0.05, 0.1) is 5.41 Å². The summed E-state index contributed by atoms with van der Waals surface area (Å²) in [6.45, 7) is 6.15. The molecule has 2 aliphatic heterocycles. The predicted octanol–water partition coefficient (Wildman–Crippen LogP) is 0.840. The molecular weight excluding hydrogens is 486 g/mol. The number of aromatic nitrogens is 1. The summed E-state index contributed by atoms with van der Waals surface area (Å²) in [6.07, 6.45) is 0. The van der Waals surface area contributed by atoms with Gasteiger partial charge in [-0.25, -0.2) is 9.78 Å². The van der Waals surface area contributed by atoms with Crippen LogP contribution in [0.3, 0.4) is 0 Å². The van der Waals surface area contributed by atoms with Crippen molar-refractivity contribution in [3.05, 3.63) is 22.3 Å². The second-order valence-corrected chi connectivity index (χ2v) is 10.4. The van der Waals surface area contributed by atoms with E-state index in [-0.39, 0.29) is 22.2 Å². The molecule has 12 nitrogen and oxygen atoms in total. The molecule has 2 amide bonds. The number of carbonyl (C=O) groups excluding carboxylic acids is 4. The standard InChI is InChI=1S/C20H25N5O7S2/c1-9-6-33-16-12(23-14(26)11(24-30-5)10-7-34-19(21)22-10)15(27)25(16)13(9)17(28)31-8-32-18(29)20(2,3)4/h7,12,16H,6,8H2,1-5H3,(H2,21,22)(H,23,26)/b24-11-/t12?,16-/m1/s1. The van der Waals surface area contributed by atoms with Crippen molar-refractivity contribution in [2.45, 2.75) is 39.1 Å². The van der Waals surface area contributed by atoms with Gasteiger partial charge in [-0.3, -0.25) is 19.3 Å². The molecule has 2 aliphatic rings. The van der Waals surface area contributed by atoms with Crippen molar-refractivity contribution in [1.82, 2.24) is 15.2 Å². The molecule has 1 saturated heterocycles. The maximum Gasteiger partial charge on any atom is 0.357 e. The summed E-state index contributed by atoms with van der Waals surface area (Å²) in [5, 5.41) is 7.60. The molecule has 0 aliphatic carbocycles. The van der Waals surface area contributed by atoms with Gasteiger partial charge in [0, 0.05) is 11.1 Å². The zero-order valence-electron chi connectivity index (χ0n) is 19.2. The van der Waals surface area contributed by atoms with Crippen LogP contribution in [0.25, 0.3) is 0 Å². The first-order valence-corrected chi connectivity index (χ1v) is 12.0. The number of nitrogens with one attached hydrogen (secondary N) is 1. The number of ether oxygens (including phenoxy) is 2. The minimum absolute atomic E-state index is 0.0733. The Hall–Kier alpha value is -3.13. The number of nitrogen functional groups attached to an aromatic ring is 1. The van der Waals surface area contributed by atoms with Crippen LogP contribution in [0.5, 0.6) is 0 Å². The zero-order valence-corrected chi connectivity index (χ0v) is 20.9. The van der Waals surface area contributed by atoms with Crippen LogP contribution in [-0.4, -0.2) is 70.4 Å². The van der Waals surface area contributed by atoms with Crippen LogP contribution >= 0.6 is 23.1 Å². The van der Waals surface area contributed by atoms with Gasteiger partial charge >= 0.3 is 11.9 Å². The van der Waals surface area contributed by atoms with Crippen molar-refractivity contribution in [2.75, 3.05) is 25.4 Å². The van der Waals surface area contributed by atoms with Gasteiger partial charge in [-0.2, -0.15) is 0 Å². The number of nitrogens with two attached hydrogens (primary N) is 1. The van der Waals surface area contributed by atoms with Crippen LogP contribution in [-0.2, 0) is 33.5 Å². The molecule has 0 saturated carbocycles. The highest BCUT2D eigenvalue weighted by Gasteiger charge is 2.54. The van der Waals surface area contributed by atoms with Gasteiger partial charge in [0.15, 0.2) is 10.8 Å². The SMILES string of the molecule is CO/N=C(\C(=O)NC1C(=O)N2C(C(=O)OCOC(=O)C(C)(C)C)=C(C)CS[C@H]12)c1csc(N)n1. The van der Waals surface area contributed by atoms with E-state index in [0.29, 0.717) is 11.3 Å². The average Bonchev–Trinajstić information content (AvgIpc) is 3.20. The lowest BCUT2D eigenvalue weighted by Gasteiger charge is -2.49. The number of oxime groups is 1. The molecule has 0 aromatic carbocycles. The van der Waals surface area contributed by atoms with Crippen molar-refractivity contribution in [2.24, 2.45) is 10.6 Å². The molecule has 0 radical (unpaired) electrons. The molecular formula is C20H25N5O7S2. The van der Waals surface area contributed by atoms with Crippen molar-refractivity contribution >= 4 is 57.7 Å². The van der Waals surface area contributed by atoms with Gasteiger partial charge in [0.2, 0.25) is 6.79 Å². The Kier molecular flexibility index (Phi) is 7.51. The lowest BCUT2D eigenvalue weighted by Crippen LogP contribution is -2.71. The summed E-state index contributed by atoms with van der Waals surface area (Å²) in [5.41, 5.74) is 5.67. The van der Waals surface area contributed by atoms with Crippen molar-refractivity contribution in [3.8, 4) is 0 Å². The Morgan fingerprint density at radius 3 is 2.62 bits per heavy atom. The molecule has 2 atom stereocenters. The summed E-state index contributed by atoms with van der Waals surface area (Å²) >= 11 is 2.52. The fraction of sp³-hybridized carbons (Fsp3) is 0.500. The van der Waals surface area contributed by atoms with Crippen molar-refractivity contribution in [1.29, 1.82) is 0 Å². The van der Waals surface area contributed by atoms with Crippen LogP contribution in [0.4, 0.5) is 5.13 Å². The number of rotatable bonds is 7. The molecule has 1 aromatic heterocycles. The highest BCUT2D eigenvalue weighted by atomic mass is 32.2. The Morgan fingerprint density at radius 1 is 1.32 bits per heavy atom. The summed E-state index contributed by atoms with van der Waals surface area (Å²) < 4.78 is 10.0. The number of amides is 2. The topological polar surface area (TPSA) is 163 Å². The lowest BCUT2D eigenvalue weighted by molar-refractivity contribution is -0.173. The minimum Gasteiger partial charge on any atom is -0.427 e. The van der Waals surface area contributed by atoms with Gasteiger partial charge in [0.25, 0.3) is 11.8 Å². The van der Waals surface area contributed by atoms with E-state index in [2.05, 4.69) is 15.5 Å². The number of hydrogen-bond acceptors (Lipinski definition) is 12. The van der Waals surface area contributed by atoms with E-state index in [4.69, 9.17) is 20.0 Å². The maximum absolute atomic E-state index is 12.9. The van der Waals surface area contributed by atoms with Gasteiger partial charge in [-0.1, -0.05) is 5.16 Å². The summed E-state index contributed by atoms with van der Waals surface area (Å²) in [6, 6.07) is -0.898. The third-order valence-corrected chi connectivity index (χ3v) is 6.89. The Bertz CT molecular complexity index is 1080. The minimum atomic E-state index is -0.898. The highest BCUT2D eigenvalue weighted by Crippen LogP contribution is 2.40. The average molecular weight is 512 g/mol. The smallest absolute Gasteiger partial charge is 0.357 e. The van der Waals surface area contributed by atoms with E-state index >= 15 is 0 Å². The first-order chi connectivity index (χ1) is 16.0. The van der Waals surface area contributed by atoms with Gasteiger partial charge < -0.3 is 25.4 Å². The third-order valence-electron chi connectivity index (χ3n) is 4.79. The molecule has 0 bridgehead atoms. The summed E-state index contributed by atoms with van der Waals surface area (Å²) in [5.74, 6) is -2.04. The molecule has 34 heavy (non-hydrogen) atoms. The van der Waals surface area contributed by atoms with Crippen LogP contribution in [0.2, 0.25) is 0 Å². The van der Waals surface area contributed by atoms with Crippen LogP contribution in [0.1, 0.15) is 33.4 Å². The van der Waals surface area contributed by atoms with E-state index in [1.54, 1.807) is 33.1 Å². The molecule has 0 spiro atoms. The Balaban J connectivity index is 1.66. The van der Waals surface area contributed by atoms with Crippen LogP contribution in [0, 0.1) is 5.41 Å². The monoisotopic (exact) mass is 511 g/mol. The molecule has 184 valence electrons. The molecule has 3 rings (SSSR count). The fourth-order valence-corrected chi connectivity index (χ4v) is 4.93. The van der Waals surface area contributed by atoms with Crippen LogP contribution < -0.4 is 11.1 Å². The molecule has 1 unspecified atom stereocenters. The first kappa shape index (κ1) is 25.5. The largest absolute Gasteiger partial charge is 0.427 e. The lowest BCUT2D eigenvalue weighted by atomic mass is 9.98. The van der Waals surface area contributed by atoms with Gasteiger partial charge in [0.1, 0.15) is 29.9 Å². The number of hydrogen-bond donors (Lipinski definition) is 2. The van der Waals surface area contributed by atoms with Crippen molar-refractivity contribution in [3.63, 3.8) is 0 Å². The number of thiazole rings is 1. The van der Waals surface area contributed by atoms with Gasteiger partial charge in [-0.15, -0.1) is 23.1 Å². The van der Waals surface area contributed by atoms with E-state index < -0.39 is 47.4 Å². The number of anilines is 1. The molecule has 1 fully saturated rings. The van der Waals surface area contributed by atoms with E-state index in [9.17, 15) is 19.2 Å². The van der Waals surface area contributed by atoms with E-state index in [1.165, 1.54) is 23.8 Å². The molecule has 3 N–H and O–H groups in total. The maximum atomic E-state index is 12.9. The van der Waals surface area contributed by atoms with Gasteiger partial charge in [-0.05, 0) is 33.3 Å². The Labute approximate surface area is 203 Å². The molecule has 1 aromatic rings. The van der Waals surface area contributed by atoms with E-state index in [1.807, 2.05) is 0 Å². The normalized spacial score (nSPS) is 20.3. The first-order valence-electron chi connectivity index (χ1n) is 10.1. The zero-order chi connectivity index (χ0) is 25.2. The Morgan fingerprint density at radius 2 is 2.03 bits per heavy atom. The second-order valence-electron chi connectivity index (χ2n) is 8.41. The van der Waals surface area contributed by atoms with E-state index in [0.717, 1.165) is 11.3 Å².